The Bertz CT molecular complexity index is 338. The predicted molar refractivity (Wildman–Crippen MR) is 53.8 cm³/mol. The number of fused-ring (bicyclic) bond motifs is 1. The second-order valence-electron chi connectivity index (χ2n) is 3.25. The van der Waals surface area contributed by atoms with Gasteiger partial charge in [0.25, 0.3) is 0 Å². The smallest absolute Gasteiger partial charge is 0.231 e. The molecule has 1 aliphatic rings. The maximum Gasteiger partial charge on any atom is 0.231 e. The lowest BCUT2D eigenvalue weighted by atomic mass is 10.2. The number of para-hydroxylation sites is 1. The van der Waals surface area contributed by atoms with Crippen molar-refractivity contribution in [3.8, 4) is 0 Å². The molecule has 0 aliphatic carbocycles. The van der Waals surface area contributed by atoms with Crippen molar-refractivity contribution in [2.24, 2.45) is 0 Å². The number of benzene rings is 1. The first kappa shape index (κ1) is 8.12. The lowest BCUT2D eigenvalue weighted by Crippen LogP contribution is -2.23. The van der Waals surface area contributed by atoms with Crippen molar-refractivity contribution >= 4 is 5.69 Å². The van der Waals surface area contributed by atoms with Gasteiger partial charge in [-0.1, -0.05) is 18.2 Å². The third kappa shape index (κ3) is 1.50. The van der Waals surface area contributed by atoms with Gasteiger partial charge in [0, 0.05) is 12.2 Å². The summed E-state index contributed by atoms with van der Waals surface area (Å²) in [5.74, 6) is 0. The number of nitrogens with zero attached hydrogens (tertiary/aromatic N) is 2. The maximum absolute atomic E-state index is 6.75. The molecule has 1 aliphatic heterocycles. The monoisotopic (exact) mass is 172 g/mol. The van der Waals surface area contributed by atoms with Gasteiger partial charge in [-0.25, -0.2) is 6.57 Å². The molecule has 0 amide bonds. The highest BCUT2D eigenvalue weighted by Crippen LogP contribution is 2.26. The fraction of sp³-hybridized carbons (Fsp3) is 0.364. The van der Waals surface area contributed by atoms with Crippen LogP contribution in [0.15, 0.2) is 24.3 Å². The number of hydrogen-bond acceptors (Lipinski definition) is 1. The SMILES string of the molecule is [C-]#[N+]CCN1CCc2ccccc21. The van der Waals surface area contributed by atoms with Crippen LogP contribution in [0.4, 0.5) is 5.69 Å². The van der Waals surface area contributed by atoms with Crippen LogP contribution >= 0.6 is 0 Å². The molecule has 0 saturated carbocycles. The molecule has 0 unspecified atom stereocenters. The molecular weight excluding hydrogens is 160 g/mol. The standard InChI is InChI=1S/C11H12N2/c1-12-7-9-13-8-6-10-4-2-3-5-11(10)13/h2-5H,6-9H2. The van der Waals surface area contributed by atoms with Crippen LogP contribution in [0.2, 0.25) is 0 Å². The molecule has 1 aromatic rings. The van der Waals surface area contributed by atoms with Gasteiger partial charge < -0.3 is 9.74 Å². The minimum Gasteiger partial charge on any atom is -0.363 e. The van der Waals surface area contributed by atoms with Gasteiger partial charge in [-0.15, -0.1) is 0 Å². The Labute approximate surface area is 78.6 Å². The molecule has 2 heteroatoms. The third-order valence-electron chi connectivity index (χ3n) is 2.47. The quantitative estimate of drug-likeness (QED) is 0.619. The molecule has 0 saturated heterocycles. The van der Waals surface area contributed by atoms with Gasteiger partial charge in [-0.2, -0.15) is 0 Å². The average molecular weight is 172 g/mol. The second kappa shape index (κ2) is 3.49. The van der Waals surface area contributed by atoms with Crippen molar-refractivity contribution in [1.82, 2.24) is 0 Å². The van der Waals surface area contributed by atoms with Crippen molar-refractivity contribution in [3.05, 3.63) is 41.2 Å². The van der Waals surface area contributed by atoms with Gasteiger partial charge in [-0.3, -0.25) is 0 Å². The minimum atomic E-state index is 0.605. The highest BCUT2D eigenvalue weighted by Gasteiger charge is 2.17. The van der Waals surface area contributed by atoms with Gasteiger partial charge in [-0.05, 0) is 18.1 Å². The number of rotatable bonds is 2. The lowest BCUT2D eigenvalue weighted by molar-refractivity contribution is 0.854. The molecule has 66 valence electrons. The van der Waals surface area contributed by atoms with Crippen molar-refractivity contribution in [1.29, 1.82) is 0 Å². The van der Waals surface area contributed by atoms with Crippen molar-refractivity contribution in [2.75, 3.05) is 24.5 Å². The highest BCUT2D eigenvalue weighted by molar-refractivity contribution is 5.57. The molecule has 1 heterocycles. The second-order valence-corrected chi connectivity index (χ2v) is 3.25. The molecule has 0 spiro atoms. The van der Waals surface area contributed by atoms with Crippen LogP contribution in [0.3, 0.4) is 0 Å². The van der Waals surface area contributed by atoms with Crippen LogP contribution < -0.4 is 4.90 Å². The van der Waals surface area contributed by atoms with Crippen LogP contribution in [-0.4, -0.2) is 19.6 Å². The van der Waals surface area contributed by atoms with E-state index in [1.807, 2.05) is 0 Å². The van der Waals surface area contributed by atoms with Crippen LogP contribution in [0.1, 0.15) is 5.56 Å². The molecular formula is C11H12N2. The maximum atomic E-state index is 6.75. The Hall–Kier alpha value is -1.49. The normalized spacial score (nSPS) is 13.9. The summed E-state index contributed by atoms with van der Waals surface area (Å²) in [7, 11) is 0. The van der Waals surface area contributed by atoms with Crippen molar-refractivity contribution < 1.29 is 0 Å². The van der Waals surface area contributed by atoms with Crippen molar-refractivity contribution in [2.45, 2.75) is 6.42 Å². The van der Waals surface area contributed by atoms with E-state index in [1.165, 1.54) is 11.3 Å². The molecule has 0 fully saturated rings. The molecule has 2 rings (SSSR count). The summed E-state index contributed by atoms with van der Waals surface area (Å²) >= 11 is 0. The molecule has 0 N–H and O–H groups in total. The minimum absolute atomic E-state index is 0.605. The summed E-state index contributed by atoms with van der Waals surface area (Å²) < 4.78 is 0. The summed E-state index contributed by atoms with van der Waals surface area (Å²) in [5, 5.41) is 0. The Morgan fingerprint density at radius 2 is 2.23 bits per heavy atom. The first-order chi connectivity index (χ1) is 6.42. The van der Waals surface area contributed by atoms with Crippen LogP contribution in [-0.2, 0) is 6.42 Å². The van der Waals surface area contributed by atoms with E-state index in [4.69, 9.17) is 6.57 Å². The Balaban J connectivity index is 2.15. The third-order valence-corrected chi connectivity index (χ3v) is 2.47. The largest absolute Gasteiger partial charge is 0.363 e. The van der Waals surface area contributed by atoms with E-state index >= 15 is 0 Å². The Morgan fingerprint density at radius 3 is 3.08 bits per heavy atom. The molecule has 13 heavy (non-hydrogen) atoms. The van der Waals surface area contributed by atoms with E-state index in [0.29, 0.717) is 6.54 Å². The predicted octanol–water partition coefficient (Wildman–Crippen LogP) is 1.97. The highest BCUT2D eigenvalue weighted by atomic mass is 15.2. The zero-order valence-electron chi connectivity index (χ0n) is 7.53. The first-order valence-corrected chi connectivity index (χ1v) is 4.58. The molecule has 2 nitrogen and oxygen atoms in total. The summed E-state index contributed by atoms with van der Waals surface area (Å²) in [6.07, 6.45) is 1.13. The summed E-state index contributed by atoms with van der Waals surface area (Å²) in [6, 6.07) is 8.46. The van der Waals surface area contributed by atoms with Crippen molar-refractivity contribution in [3.63, 3.8) is 0 Å². The van der Waals surface area contributed by atoms with E-state index in [-0.39, 0.29) is 0 Å². The average Bonchev–Trinajstić information content (AvgIpc) is 2.58. The summed E-state index contributed by atoms with van der Waals surface area (Å²) in [5.41, 5.74) is 2.75. The Kier molecular flexibility index (Phi) is 2.18. The van der Waals surface area contributed by atoms with E-state index in [9.17, 15) is 0 Å². The number of anilines is 1. The van der Waals surface area contributed by atoms with E-state index in [0.717, 1.165) is 19.5 Å². The first-order valence-electron chi connectivity index (χ1n) is 4.58. The van der Waals surface area contributed by atoms with Gasteiger partial charge in [0.15, 0.2) is 0 Å². The fourth-order valence-corrected chi connectivity index (χ4v) is 1.81. The van der Waals surface area contributed by atoms with Gasteiger partial charge in [0.2, 0.25) is 6.54 Å². The summed E-state index contributed by atoms with van der Waals surface area (Å²) in [6.45, 7) is 9.31. The topological polar surface area (TPSA) is 7.60 Å². The molecule has 0 aromatic heterocycles. The van der Waals surface area contributed by atoms with E-state index in [1.54, 1.807) is 0 Å². The van der Waals surface area contributed by atoms with E-state index < -0.39 is 0 Å². The zero-order chi connectivity index (χ0) is 9.10. The molecule has 0 atom stereocenters. The summed E-state index contributed by atoms with van der Waals surface area (Å²) in [4.78, 5) is 5.68. The lowest BCUT2D eigenvalue weighted by Gasteiger charge is -2.15. The van der Waals surface area contributed by atoms with Crippen LogP contribution in [0, 0.1) is 6.57 Å². The van der Waals surface area contributed by atoms with Crippen LogP contribution in [0.25, 0.3) is 4.85 Å². The number of hydrogen-bond donors (Lipinski definition) is 0. The zero-order valence-corrected chi connectivity index (χ0v) is 7.53. The van der Waals surface area contributed by atoms with Gasteiger partial charge in [0.05, 0.1) is 6.54 Å². The van der Waals surface area contributed by atoms with Gasteiger partial charge in [0.1, 0.15) is 0 Å². The fourth-order valence-electron chi connectivity index (χ4n) is 1.81. The molecule has 0 radical (unpaired) electrons. The Morgan fingerprint density at radius 1 is 1.38 bits per heavy atom. The van der Waals surface area contributed by atoms with Crippen LogP contribution in [0.5, 0.6) is 0 Å². The van der Waals surface area contributed by atoms with E-state index in [2.05, 4.69) is 34.0 Å². The molecule has 0 bridgehead atoms. The van der Waals surface area contributed by atoms with Gasteiger partial charge >= 0.3 is 0 Å². The molecule has 1 aromatic carbocycles.